The van der Waals surface area contributed by atoms with E-state index < -0.39 is 4.92 Å². The maximum absolute atomic E-state index is 10.8. The summed E-state index contributed by atoms with van der Waals surface area (Å²) >= 11 is 0. The van der Waals surface area contributed by atoms with Gasteiger partial charge in [0.15, 0.2) is 11.6 Å². The SMILES string of the molecule is O=[N+]([O-])c1cccc(-c2n[nH]c(-c3ccccc3O)n2)c1. The zero-order valence-corrected chi connectivity index (χ0v) is 10.7. The fraction of sp³-hybridized carbons (Fsp3) is 0. The maximum Gasteiger partial charge on any atom is 0.270 e. The van der Waals surface area contributed by atoms with E-state index in [4.69, 9.17) is 0 Å². The smallest absolute Gasteiger partial charge is 0.270 e. The van der Waals surface area contributed by atoms with Crippen molar-refractivity contribution < 1.29 is 10.0 Å². The molecule has 0 saturated heterocycles. The molecule has 2 N–H and O–H groups in total. The lowest BCUT2D eigenvalue weighted by Crippen LogP contribution is -1.88. The van der Waals surface area contributed by atoms with E-state index in [2.05, 4.69) is 15.2 Å². The van der Waals surface area contributed by atoms with E-state index in [0.717, 1.165) is 0 Å². The first kappa shape index (κ1) is 12.8. The molecule has 1 aromatic heterocycles. The van der Waals surface area contributed by atoms with Gasteiger partial charge in [0.05, 0.1) is 10.5 Å². The Morgan fingerprint density at radius 1 is 1.14 bits per heavy atom. The number of aromatic nitrogens is 3. The molecule has 0 aliphatic rings. The number of rotatable bonds is 3. The highest BCUT2D eigenvalue weighted by atomic mass is 16.6. The summed E-state index contributed by atoms with van der Waals surface area (Å²) in [4.78, 5) is 14.6. The van der Waals surface area contributed by atoms with Crippen molar-refractivity contribution in [2.75, 3.05) is 0 Å². The molecule has 0 atom stereocenters. The number of aromatic amines is 1. The first-order valence-electron chi connectivity index (χ1n) is 6.11. The van der Waals surface area contributed by atoms with Crippen molar-refractivity contribution in [1.82, 2.24) is 15.2 Å². The van der Waals surface area contributed by atoms with Crippen molar-refractivity contribution in [1.29, 1.82) is 0 Å². The first-order valence-corrected chi connectivity index (χ1v) is 6.11. The lowest BCUT2D eigenvalue weighted by Gasteiger charge is -1.98. The number of nitrogens with zero attached hydrogens (tertiary/aromatic N) is 3. The van der Waals surface area contributed by atoms with Crippen molar-refractivity contribution >= 4 is 5.69 Å². The number of para-hydroxylation sites is 1. The van der Waals surface area contributed by atoms with Crippen LogP contribution in [-0.4, -0.2) is 25.2 Å². The lowest BCUT2D eigenvalue weighted by molar-refractivity contribution is -0.384. The summed E-state index contributed by atoms with van der Waals surface area (Å²) in [7, 11) is 0. The molecule has 3 aromatic rings. The minimum absolute atomic E-state index is 0.0265. The van der Waals surface area contributed by atoms with Gasteiger partial charge in [-0.05, 0) is 12.1 Å². The van der Waals surface area contributed by atoms with Crippen LogP contribution in [0.2, 0.25) is 0 Å². The van der Waals surface area contributed by atoms with Crippen molar-refractivity contribution in [3.05, 3.63) is 58.6 Å². The monoisotopic (exact) mass is 282 g/mol. The van der Waals surface area contributed by atoms with Crippen LogP contribution in [0, 0.1) is 10.1 Å². The van der Waals surface area contributed by atoms with Gasteiger partial charge in [0.1, 0.15) is 5.75 Å². The van der Waals surface area contributed by atoms with E-state index in [1.807, 2.05) is 0 Å². The molecule has 21 heavy (non-hydrogen) atoms. The van der Waals surface area contributed by atoms with Gasteiger partial charge in [0, 0.05) is 17.7 Å². The Bertz CT molecular complexity index is 813. The van der Waals surface area contributed by atoms with Gasteiger partial charge in [-0.25, -0.2) is 4.98 Å². The van der Waals surface area contributed by atoms with E-state index in [-0.39, 0.29) is 11.4 Å². The van der Waals surface area contributed by atoms with Gasteiger partial charge in [-0.1, -0.05) is 24.3 Å². The highest BCUT2D eigenvalue weighted by molar-refractivity contribution is 5.66. The Labute approximate surface area is 119 Å². The Kier molecular flexibility index (Phi) is 3.07. The van der Waals surface area contributed by atoms with Crippen molar-refractivity contribution in [3.8, 4) is 28.5 Å². The number of hydrogen-bond donors (Lipinski definition) is 2. The highest BCUT2D eigenvalue weighted by Gasteiger charge is 2.13. The normalized spacial score (nSPS) is 10.5. The summed E-state index contributed by atoms with van der Waals surface area (Å²) in [5.74, 6) is 0.811. The molecule has 2 aromatic carbocycles. The lowest BCUT2D eigenvalue weighted by atomic mass is 10.2. The molecule has 0 unspecified atom stereocenters. The zero-order chi connectivity index (χ0) is 14.8. The molecule has 7 nitrogen and oxygen atoms in total. The van der Waals surface area contributed by atoms with Crippen LogP contribution in [-0.2, 0) is 0 Å². The summed E-state index contributed by atoms with van der Waals surface area (Å²) in [6, 6.07) is 12.8. The zero-order valence-electron chi connectivity index (χ0n) is 10.7. The summed E-state index contributed by atoms with van der Waals surface area (Å²) in [6.07, 6.45) is 0. The second-order valence-electron chi connectivity index (χ2n) is 4.33. The number of H-pyrrole nitrogens is 1. The number of non-ortho nitro benzene ring substituents is 1. The minimum atomic E-state index is -0.472. The largest absolute Gasteiger partial charge is 0.507 e. The summed E-state index contributed by atoms with van der Waals surface area (Å²) in [5.41, 5.74) is 1.02. The average Bonchev–Trinajstić information content (AvgIpc) is 2.97. The van der Waals surface area contributed by atoms with Gasteiger partial charge in [-0.2, -0.15) is 5.10 Å². The van der Waals surface area contributed by atoms with Crippen LogP contribution in [0.3, 0.4) is 0 Å². The predicted molar refractivity (Wildman–Crippen MR) is 75.6 cm³/mol. The van der Waals surface area contributed by atoms with Crippen LogP contribution in [0.4, 0.5) is 5.69 Å². The van der Waals surface area contributed by atoms with Crippen LogP contribution in [0.25, 0.3) is 22.8 Å². The molecule has 0 spiro atoms. The third kappa shape index (κ3) is 2.44. The topological polar surface area (TPSA) is 105 Å². The number of phenols is 1. The van der Waals surface area contributed by atoms with Crippen molar-refractivity contribution in [3.63, 3.8) is 0 Å². The number of aromatic hydroxyl groups is 1. The van der Waals surface area contributed by atoms with Crippen LogP contribution >= 0.6 is 0 Å². The number of benzene rings is 2. The molecule has 0 radical (unpaired) electrons. The molecule has 0 bridgehead atoms. The number of nitro benzene ring substituents is 1. The van der Waals surface area contributed by atoms with Gasteiger partial charge in [-0.15, -0.1) is 0 Å². The second-order valence-corrected chi connectivity index (χ2v) is 4.33. The Hall–Kier alpha value is -3.22. The number of hydrogen-bond acceptors (Lipinski definition) is 5. The fourth-order valence-electron chi connectivity index (χ4n) is 1.94. The summed E-state index contributed by atoms with van der Waals surface area (Å²) < 4.78 is 0. The van der Waals surface area contributed by atoms with Gasteiger partial charge >= 0.3 is 0 Å². The maximum atomic E-state index is 10.8. The van der Waals surface area contributed by atoms with E-state index in [0.29, 0.717) is 22.8 Å². The molecule has 0 aliphatic heterocycles. The van der Waals surface area contributed by atoms with E-state index in [1.54, 1.807) is 36.4 Å². The number of nitrogens with one attached hydrogen (secondary N) is 1. The molecule has 7 heteroatoms. The molecule has 104 valence electrons. The standard InChI is InChI=1S/C14H10N4O3/c19-12-7-2-1-6-11(12)14-15-13(16-17-14)9-4-3-5-10(8-9)18(20)21/h1-8,19H,(H,15,16,17). The van der Waals surface area contributed by atoms with Crippen LogP contribution in [0.1, 0.15) is 0 Å². The molecule has 0 saturated carbocycles. The molecule has 3 rings (SSSR count). The molecule has 0 aliphatic carbocycles. The third-order valence-electron chi connectivity index (χ3n) is 2.96. The van der Waals surface area contributed by atoms with Gasteiger partial charge < -0.3 is 5.11 Å². The van der Waals surface area contributed by atoms with Crippen molar-refractivity contribution in [2.45, 2.75) is 0 Å². The molecular weight excluding hydrogens is 272 g/mol. The van der Waals surface area contributed by atoms with E-state index >= 15 is 0 Å². The Morgan fingerprint density at radius 3 is 2.71 bits per heavy atom. The summed E-state index contributed by atoms with van der Waals surface area (Å²) in [5, 5.41) is 27.3. The van der Waals surface area contributed by atoms with E-state index in [1.165, 1.54) is 12.1 Å². The fourth-order valence-corrected chi connectivity index (χ4v) is 1.94. The number of nitro groups is 1. The van der Waals surface area contributed by atoms with Crippen LogP contribution in [0.15, 0.2) is 48.5 Å². The van der Waals surface area contributed by atoms with E-state index in [9.17, 15) is 15.2 Å². The predicted octanol–water partition coefficient (Wildman–Crippen LogP) is 2.75. The van der Waals surface area contributed by atoms with Gasteiger partial charge in [-0.3, -0.25) is 15.2 Å². The third-order valence-corrected chi connectivity index (χ3v) is 2.96. The highest BCUT2D eigenvalue weighted by Crippen LogP contribution is 2.28. The Balaban J connectivity index is 2.01. The first-order chi connectivity index (χ1) is 10.1. The van der Waals surface area contributed by atoms with Crippen LogP contribution in [0.5, 0.6) is 5.75 Å². The van der Waals surface area contributed by atoms with Gasteiger partial charge in [0.2, 0.25) is 0 Å². The minimum Gasteiger partial charge on any atom is -0.507 e. The quantitative estimate of drug-likeness (QED) is 0.567. The van der Waals surface area contributed by atoms with Crippen molar-refractivity contribution in [2.24, 2.45) is 0 Å². The molecular formula is C14H10N4O3. The second kappa shape index (κ2) is 5.04. The molecule has 0 fully saturated rings. The van der Waals surface area contributed by atoms with Crippen LogP contribution < -0.4 is 0 Å². The Morgan fingerprint density at radius 2 is 1.95 bits per heavy atom. The number of phenolic OH excluding ortho intramolecular Hbond substituents is 1. The average molecular weight is 282 g/mol. The molecule has 1 heterocycles. The molecule has 0 amide bonds. The van der Waals surface area contributed by atoms with Gasteiger partial charge in [0.25, 0.3) is 5.69 Å². The summed E-state index contributed by atoms with van der Waals surface area (Å²) in [6.45, 7) is 0.